The van der Waals surface area contributed by atoms with E-state index in [1.165, 1.54) is 0 Å². The van der Waals surface area contributed by atoms with E-state index in [1.54, 1.807) is 12.4 Å². The minimum absolute atomic E-state index is 0.483. The van der Waals surface area contributed by atoms with Crippen molar-refractivity contribution in [1.29, 1.82) is 0 Å². The lowest BCUT2D eigenvalue weighted by Gasteiger charge is -2.32. The van der Waals surface area contributed by atoms with Crippen molar-refractivity contribution in [2.45, 2.75) is 26.2 Å². The third-order valence-corrected chi connectivity index (χ3v) is 1.97. The number of ether oxygens (including phenoxy) is 2. The molecule has 70 valence electrons. The molecule has 1 aliphatic heterocycles. The summed E-state index contributed by atoms with van der Waals surface area (Å²) in [6.45, 7) is 4.20. The Morgan fingerprint density at radius 1 is 1.46 bits per heavy atom. The molecule has 0 aliphatic carbocycles. The van der Waals surface area contributed by atoms with E-state index in [0.29, 0.717) is 12.3 Å². The first-order valence-electron chi connectivity index (χ1n) is 4.14. The van der Waals surface area contributed by atoms with E-state index < -0.39 is 5.79 Å². The molecule has 1 aromatic rings. The van der Waals surface area contributed by atoms with Crippen molar-refractivity contribution in [3.8, 4) is 5.75 Å². The lowest BCUT2D eigenvalue weighted by atomic mass is 10.2. The van der Waals surface area contributed by atoms with E-state index in [1.807, 2.05) is 13.8 Å². The molecule has 4 nitrogen and oxygen atoms in total. The van der Waals surface area contributed by atoms with Gasteiger partial charge in [0.1, 0.15) is 5.75 Å². The fourth-order valence-electron chi connectivity index (χ4n) is 1.27. The summed E-state index contributed by atoms with van der Waals surface area (Å²) in [5.74, 6) is 0.138. The van der Waals surface area contributed by atoms with E-state index in [4.69, 9.17) is 15.2 Å². The van der Waals surface area contributed by atoms with Gasteiger partial charge in [0.25, 0.3) is 0 Å². The number of rotatable bonds is 0. The van der Waals surface area contributed by atoms with Crippen LogP contribution in [-0.2, 0) is 11.3 Å². The monoisotopic (exact) mass is 180 g/mol. The van der Waals surface area contributed by atoms with Gasteiger partial charge in [-0.2, -0.15) is 0 Å². The standard InChI is InChI=1S/C9H12N2O2/c1-9(2)12-5-6-7(10)3-11-4-8(6)13-9/h3-4H,5,10H2,1-2H3. The zero-order chi connectivity index (χ0) is 9.47. The molecule has 0 aromatic carbocycles. The lowest BCUT2D eigenvalue weighted by molar-refractivity contribution is -0.180. The SMILES string of the molecule is CC1(C)OCc2c(N)cncc2O1. The number of nitrogen functional groups attached to an aromatic ring is 1. The summed E-state index contributed by atoms with van der Waals surface area (Å²) >= 11 is 0. The number of hydrogen-bond acceptors (Lipinski definition) is 4. The normalized spacial score (nSPS) is 18.9. The minimum atomic E-state index is -0.581. The van der Waals surface area contributed by atoms with Crippen LogP contribution in [0.25, 0.3) is 0 Å². The summed E-state index contributed by atoms with van der Waals surface area (Å²) in [5, 5.41) is 0. The number of nitrogens with two attached hydrogens (primary N) is 1. The number of fused-ring (bicyclic) bond motifs is 1. The van der Waals surface area contributed by atoms with Crippen molar-refractivity contribution >= 4 is 5.69 Å². The number of hydrogen-bond donors (Lipinski definition) is 1. The Morgan fingerprint density at radius 2 is 2.23 bits per heavy atom. The van der Waals surface area contributed by atoms with Crippen molar-refractivity contribution in [2.24, 2.45) is 0 Å². The van der Waals surface area contributed by atoms with Crippen LogP contribution in [0.3, 0.4) is 0 Å². The summed E-state index contributed by atoms with van der Waals surface area (Å²) < 4.78 is 11.0. The first kappa shape index (κ1) is 8.31. The van der Waals surface area contributed by atoms with Crippen LogP contribution in [0, 0.1) is 0 Å². The molecule has 1 aliphatic rings. The number of nitrogens with zero attached hydrogens (tertiary/aromatic N) is 1. The van der Waals surface area contributed by atoms with E-state index in [0.717, 1.165) is 11.3 Å². The Morgan fingerprint density at radius 3 is 3.00 bits per heavy atom. The largest absolute Gasteiger partial charge is 0.461 e. The highest BCUT2D eigenvalue weighted by atomic mass is 16.7. The van der Waals surface area contributed by atoms with Gasteiger partial charge in [0, 0.05) is 19.4 Å². The van der Waals surface area contributed by atoms with Gasteiger partial charge < -0.3 is 15.2 Å². The van der Waals surface area contributed by atoms with Crippen molar-refractivity contribution in [2.75, 3.05) is 5.73 Å². The molecular weight excluding hydrogens is 168 g/mol. The number of anilines is 1. The van der Waals surface area contributed by atoms with E-state index in [2.05, 4.69) is 4.98 Å². The molecule has 13 heavy (non-hydrogen) atoms. The van der Waals surface area contributed by atoms with Crippen molar-refractivity contribution in [3.05, 3.63) is 18.0 Å². The molecule has 0 unspecified atom stereocenters. The third kappa shape index (κ3) is 1.45. The molecule has 0 fully saturated rings. The number of pyridine rings is 1. The average molecular weight is 180 g/mol. The summed E-state index contributed by atoms with van der Waals surface area (Å²) in [7, 11) is 0. The minimum Gasteiger partial charge on any atom is -0.461 e. The van der Waals surface area contributed by atoms with Gasteiger partial charge in [-0.05, 0) is 0 Å². The number of aromatic nitrogens is 1. The molecule has 0 bridgehead atoms. The molecule has 0 saturated carbocycles. The maximum Gasteiger partial charge on any atom is 0.205 e. The van der Waals surface area contributed by atoms with Crippen LogP contribution in [0.4, 0.5) is 5.69 Å². The van der Waals surface area contributed by atoms with Crippen molar-refractivity contribution in [3.63, 3.8) is 0 Å². The predicted octanol–water partition coefficient (Wildman–Crippen LogP) is 1.31. The second-order valence-corrected chi connectivity index (χ2v) is 3.50. The van der Waals surface area contributed by atoms with E-state index in [9.17, 15) is 0 Å². The van der Waals surface area contributed by atoms with Gasteiger partial charge in [-0.1, -0.05) is 0 Å². The molecule has 4 heteroatoms. The molecular formula is C9H12N2O2. The highest BCUT2D eigenvalue weighted by Crippen LogP contribution is 2.33. The van der Waals surface area contributed by atoms with Crippen molar-refractivity contribution in [1.82, 2.24) is 4.98 Å². The fourth-order valence-corrected chi connectivity index (χ4v) is 1.27. The van der Waals surface area contributed by atoms with Crippen LogP contribution in [0.5, 0.6) is 5.75 Å². The van der Waals surface area contributed by atoms with E-state index >= 15 is 0 Å². The molecule has 0 atom stereocenters. The quantitative estimate of drug-likeness (QED) is 0.654. The van der Waals surface area contributed by atoms with Crippen molar-refractivity contribution < 1.29 is 9.47 Å². The smallest absolute Gasteiger partial charge is 0.205 e. The van der Waals surface area contributed by atoms with Gasteiger partial charge in [-0.25, -0.2) is 0 Å². The van der Waals surface area contributed by atoms with Crippen LogP contribution in [-0.4, -0.2) is 10.8 Å². The highest BCUT2D eigenvalue weighted by Gasteiger charge is 2.28. The van der Waals surface area contributed by atoms with Gasteiger partial charge in [0.2, 0.25) is 5.79 Å². The fraction of sp³-hybridized carbons (Fsp3) is 0.444. The molecule has 0 amide bonds. The summed E-state index contributed by atoms with van der Waals surface area (Å²) in [6.07, 6.45) is 3.26. The van der Waals surface area contributed by atoms with Gasteiger partial charge in [-0.15, -0.1) is 0 Å². The third-order valence-electron chi connectivity index (χ3n) is 1.97. The summed E-state index contributed by atoms with van der Waals surface area (Å²) in [4.78, 5) is 3.96. The maximum absolute atomic E-state index is 5.71. The lowest BCUT2D eigenvalue weighted by Crippen LogP contribution is -2.35. The first-order chi connectivity index (χ1) is 6.08. The van der Waals surface area contributed by atoms with Crippen LogP contribution < -0.4 is 10.5 Å². The Hall–Kier alpha value is -1.29. The highest BCUT2D eigenvalue weighted by molar-refractivity contribution is 5.51. The van der Waals surface area contributed by atoms with Gasteiger partial charge >= 0.3 is 0 Å². The molecule has 0 radical (unpaired) electrons. The molecule has 2 rings (SSSR count). The van der Waals surface area contributed by atoms with Crippen LogP contribution in [0.2, 0.25) is 0 Å². The summed E-state index contributed by atoms with van der Waals surface area (Å²) in [6, 6.07) is 0. The molecule has 0 saturated heterocycles. The van der Waals surface area contributed by atoms with Crippen LogP contribution in [0.1, 0.15) is 19.4 Å². The predicted molar refractivity (Wildman–Crippen MR) is 48.1 cm³/mol. The zero-order valence-electron chi connectivity index (χ0n) is 7.70. The Labute approximate surface area is 76.7 Å². The Balaban J connectivity index is 2.42. The Bertz CT molecular complexity index is 336. The van der Waals surface area contributed by atoms with Gasteiger partial charge in [0.05, 0.1) is 24.7 Å². The van der Waals surface area contributed by atoms with Gasteiger partial charge in [0.15, 0.2) is 0 Å². The molecule has 2 N–H and O–H groups in total. The van der Waals surface area contributed by atoms with Crippen LogP contribution in [0.15, 0.2) is 12.4 Å². The molecule has 1 aromatic heterocycles. The Kier molecular flexibility index (Phi) is 1.66. The maximum atomic E-state index is 5.71. The van der Waals surface area contributed by atoms with Crippen LogP contribution >= 0.6 is 0 Å². The average Bonchev–Trinajstić information content (AvgIpc) is 2.02. The second kappa shape index (κ2) is 2.60. The molecule has 2 heterocycles. The first-order valence-corrected chi connectivity index (χ1v) is 4.14. The van der Waals surface area contributed by atoms with E-state index in [-0.39, 0.29) is 0 Å². The zero-order valence-corrected chi connectivity index (χ0v) is 7.70. The topological polar surface area (TPSA) is 57.4 Å². The van der Waals surface area contributed by atoms with Gasteiger partial charge in [-0.3, -0.25) is 4.98 Å². The summed E-state index contributed by atoms with van der Waals surface area (Å²) in [5.41, 5.74) is 7.21. The molecule has 0 spiro atoms. The second-order valence-electron chi connectivity index (χ2n) is 3.50.